The minimum atomic E-state index is -0.130. The molecular weight excluding hydrogens is 388 g/mol. The Morgan fingerprint density at radius 3 is 2.79 bits per heavy atom. The number of ether oxygens (including phenoxy) is 1. The highest BCUT2D eigenvalue weighted by Gasteiger charge is 2.32. The number of anilines is 1. The molecule has 29 heavy (non-hydrogen) atoms. The predicted octanol–water partition coefficient (Wildman–Crippen LogP) is 2.15. The molecule has 0 spiro atoms. The second-order valence-electron chi connectivity index (χ2n) is 7.96. The number of fused-ring (bicyclic) bond motifs is 1. The number of thiophene rings is 1. The Labute approximate surface area is 175 Å². The standard InChI is InChI=1S/C21H28N4O3S/c22-14-16-15-4-3-6-18(15)29-20(16)23-19(26)7-9-24-8-2-1-5-17(24)21(27)25-10-12-28-13-11-25/h17H,1-13H2,(H,23,26). The van der Waals surface area contributed by atoms with Gasteiger partial charge in [-0.15, -0.1) is 11.3 Å². The van der Waals surface area contributed by atoms with Crippen LogP contribution in [0.1, 0.15) is 48.1 Å². The molecule has 3 heterocycles. The van der Waals surface area contributed by atoms with Crippen LogP contribution >= 0.6 is 11.3 Å². The van der Waals surface area contributed by atoms with Crippen LogP contribution in [0.5, 0.6) is 0 Å². The smallest absolute Gasteiger partial charge is 0.240 e. The molecule has 156 valence electrons. The average Bonchev–Trinajstić information content (AvgIpc) is 3.33. The maximum Gasteiger partial charge on any atom is 0.240 e. The molecular formula is C21H28N4O3S. The van der Waals surface area contributed by atoms with Gasteiger partial charge in [0, 0.05) is 30.9 Å². The number of aryl methyl sites for hydroxylation is 1. The fourth-order valence-electron chi connectivity index (χ4n) is 4.58. The fourth-order valence-corrected chi connectivity index (χ4v) is 5.83. The van der Waals surface area contributed by atoms with E-state index < -0.39 is 0 Å². The van der Waals surface area contributed by atoms with Crippen molar-refractivity contribution in [1.29, 1.82) is 5.26 Å². The number of amides is 2. The average molecular weight is 417 g/mol. The molecule has 0 saturated carbocycles. The summed E-state index contributed by atoms with van der Waals surface area (Å²) in [6.45, 7) is 3.94. The molecule has 2 aliphatic heterocycles. The Bertz CT molecular complexity index is 810. The summed E-state index contributed by atoms with van der Waals surface area (Å²) in [6.07, 6.45) is 6.33. The molecule has 2 amide bonds. The van der Waals surface area contributed by atoms with Gasteiger partial charge in [-0.1, -0.05) is 6.42 Å². The lowest BCUT2D eigenvalue weighted by atomic mass is 10.00. The number of hydrogen-bond acceptors (Lipinski definition) is 6. The number of rotatable bonds is 5. The van der Waals surface area contributed by atoms with Crippen molar-refractivity contribution in [1.82, 2.24) is 9.80 Å². The topological polar surface area (TPSA) is 85.7 Å². The SMILES string of the molecule is N#Cc1c(NC(=O)CCN2CCCCC2C(=O)N2CCOCC2)sc2c1CCC2. The van der Waals surface area contributed by atoms with Crippen molar-refractivity contribution in [2.45, 2.75) is 51.0 Å². The normalized spacial score (nSPS) is 22.2. The van der Waals surface area contributed by atoms with Crippen LogP contribution in [0.25, 0.3) is 0 Å². The lowest BCUT2D eigenvalue weighted by Gasteiger charge is -2.38. The summed E-state index contributed by atoms with van der Waals surface area (Å²) >= 11 is 1.55. The van der Waals surface area contributed by atoms with Crippen molar-refractivity contribution in [2.24, 2.45) is 0 Å². The van der Waals surface area contributed by atoms with Crippen LogP contribution in [-0.2, 0) is 27.2 Å². The van der Waals surface area contributed by atoms with E-state index in [1.807, 2.05) is 4.90 Å². The van der Waals surface area contributed by atoms with Gasteiger partial charge in [0.05, 0.1) is 24.8 Å². The minimum absolute atomic E-state index is 0.0791. The molecule has 1 N–H and O–H groups in total. The van der Waals surface area contributed by atoms with E-state index in [0.29, 0.717) is 49.8 Å². The third-order valence-electron chi connectivity index (χ3n) is 6.13. The van der Waals surface area contributed by atoms with Gasteiger partial charge in [0.25, 0.3) is 0 Å². The highest BCUT2D eigenvalue weighted by molar-refractivity contribution is 7.16. The van der Waals surface area contributed by atoms with E-state index in [-0.39, 0.29) is 17.9 Å². The van der Waals surface area contributed by atoms with E-state index in [1.54, 1.807) is 11.3 Å². The highest BCUT2D eigenvalue weighted by atomic mass is 32.1. The molecule has 0 radical (unpaired) electrons. The first kappa shape index (κ1) is 20.3. The summed E-state index contributed by atoms with van der Waals surface area (Å²) in [7, 11) is 0. The quantitative estimate of drug-likeness (QED) is 0.795. The lowest BCUT2D eigenvalue weighted by molar-refractivity contribution is -0.142. The van der Waals surface area contributed by atoms with Crippen molar-refractivity contribution in [2.75, 3.05) is 44.7 Å². The molecule has 2 saturated heterocycles. The number of nitriles is 1. The minimum Gasteiger partial charge on any atom is -0.378 e. The first-order chi connectivity index (χ1) is 14.2. The maximum atomic E-state index is 13.0. The Hall–Kier alpha value is -1.95. The molecule has 1 aromatic rings. The number of carbonyl (C=O) groups is 2. The molecule has 8 heteroatoms. The number of piperidine rings is 1. The third kappa shape index (κ3) is 4.47. The zero-order chi connectivity index (χ0) is 20.2. The molecule has 1 atom stereocenters. The number of hydrogen-bond donors (Lipinski definition) is 1. The Kier molecular flexibility index (Phi) is 6.48. The fraction of sp³-hybridized carbons (Fsp3) is 0.667. The Morgan fingerprint density at radius 1 is 1.17 bits per heavy atom. The molecule has 1 aliphatic carbocycles. The van der Waals surface area contributed by atoms with Crippen LogP contribution in [0.2, 0.25) is 0 Å². The summed E-state index contributed by atoms with van der Waals surface area (Å²) in [5.41, 5.74) is 1.77. The van der Waals surface area contributed by atoms with Crippen LogP contribution in [-0.4, -0.2) is 67.0 Å². The molecule has 0 aromatic carbocycles. The summed E-state index contributed by atoms with van der Waals surface area (Å²) in [5, 5.41) is 13.1. The van der Waals surface area contributed by atoms with Crippen molar-refractivity contribution < 1.29 is 14.3 Å². The second kappa shape index (κ2) is 9.24. The Balaban J connectivity index is 1.34. The van der Waals surface area contributed by atoms with E-state index in [2.05, 4.69) is 16.3 Å². The van der Waals surface area contributed by atoms with Gasteiger partial charge >= 0.3 is 0 Å². The summed E-state index contributed by atoms with van der Waals surface area (Å²) in [6, 6.07) is 2.14. The van der Waals surface area contributed by atoms with Gasteiger partial charge in [-0.25, -0.2) is 0 Å². The van der Waals surface area contributed by atoms with Gasteiger partial charge in [-0.2, -0.15) is 5.26 Å². The van der Waals surface area contributed by atoms with E-state index in [9.17, 15) is 14.9 Å². The van der Waals surface area contributed by atoms with E-state index in [4.69, 9.17) is 4.74 Å². The number of likely N-dealkylation sites (tertiary alicyclic amines) is 1. The van der Waals surface area contributed by atoms with Crippen LogP contribution in [0.3, 0.4) is 0 Å². The first-order valence-corrected chi connectivity index (χ1v) is 11.4. The maximum absolute atomic E-state index is 13.0. The van der Waals surface area contributed by atoms with Gasteiger partial charge < -0.3 is 15.0 Å². The predicted molar refractivity (Wildman–Crippen MR) is 111 cm³/mol. The number of nitrogens with one attached hydrogen (secondary N) is 1. The lowest BCUT2D eigenvalue weighted by Crippen LogP contribution is -2.53. The zero-order valence-electron chi connectivity index (χ0n) is 16.7. The van der Waals surface area contributed by atoms with Crippen molar-refractivity contribution in [3.63, 3.8) is 0 Å². The molecule has 2 fully saturated rings. The van der Waals surface area contributed by atoms with Crippen LogP contribution in [0.4, 0.5) is 5.00 Å². The number of nitrogens with zero attached hydrogens (tertiary/aromatic N) is 3. The van der Waals surface area contributed by atoms with E-state index in [1.165, 1.54) is 4.88 Å². The third-order valence-corrected chi connectivity index (χ3v) is 7.34. The van der Waals surface area contributed by atoms with Crippen LogP contribution < -0.4 is 5.32 Å². The zero-order valence-corrected chi connectivity index (χ0v) is 17.6. The summed E-state index contributed by atoms with van der Waals surface area (Å²) in [4.78, 5) is 30.8. The molecule has 3 aliphatic rings. The van der Waals surface area contributed by atoms with E-state index in [0.717, 1.165) is 50.6 Å². The highest BCUT2D eigenvalue weighted by Crippen LogP contribution is 2.38. The van der Waals surface area contributed by atoms with Crippen molar-refractivity contribution in [3.8, 4) is 6.07 Å². The number of carbonyl (C=O) groups excluding carboxylic acids is 2. The van der Waals surface area contributed by atoms with Gasteiger partial charge in [0.15, 0.2) is 0 Å². The Morgan fingerprint density at radius 2 is 2.00 bits per heavy atom. The summed E-state index contributed by atoms with van der Waals surface area (Å²) in [5.74, 6) is 0.0967. The molecule has 7 nitrogen and oxygen atoms in total. The van der Waals surface area contributed by atoms with Crippen molar-refractivity contribution >= 4 is 28.2 Å². The first-order valence-electron chi connectivity index (χ1n) is 10.6. The van der Waals surface area contributed by atoms with Gasteiger partial charge in [-0.3, -0.25) is 14.5 Å². The monoisotopic (exact) mass is 416 g/mol. The molecule has 1 aromatic heterocycles. The molecule has 0 bridgehead atoms. The van der Waals surface area contributed by atoms with Gasteiger partial charge in [0.2, 0.25) is 11.8 Å². The summed E-state index contributed by atoms with van der Waals surface area (Å²) < 4.78 is 5.36. The number of morpholine rings is 1. The molecule has 4 rings (SSSR count). The van der Waals surface area contributed by atoms with Crippen LogP contribution in [0, 0.1) is 11.3 Å². The van der Waals surface area contributed by atoms with Gasteiger partial charge in [0.1, 0.15) is 11.1 Å². The van der Waals surface area contributed by atoms with Crippen LogP contribution in [0.15, 0.2) is 0 Å². The van der Waals surface area contributed by atoms with Crippen molar-refractivity contribution in [3.05, 3.63) is 16.0 Å². The largest absolute Gasteiger partial charge is 0.378 e. The molecule has 1 unspecified atom stereocenters. The van der Waals surface area contributed by atoms with E-state index >= 15 is 0 Å². The second-order valence-corrected chi connectivity index (χ2v) is 9.06. The van der Waals surface area contributed by atoms with Gasteiger partial charge in [-0.05, 0) is 44.2 Å².